The molecule has 0 radical (unpaired) electrons. The van der Waals surface area contributed by atoms with Gasteiger partial charge in [0.05, 0.1) is 11.6 Å². The molecule has 2 N–H and O–H groups in total. The highest BCUT2D eigenvalue weighted by molar-refractivity contribution is 7.80. The average Bonchev–Trinajstić information content (AvgIpc) is 2.41. The lowest BCUT2D eigenvalue weighted by atomic mass is 10.1. The number of benzene rings is 1. The lowest BCUT2D eigenvalue weighted by Crippen LogP contribution is -2.36. The minimum Gasteiger partial charge on any atom is -0.393 e. The summed E-state index contributed by atoms with van der Waals surface area (Å²) in [5.41, 5.74) is 6.87. The molecule has 0 spiro atoms. The average molecular weight is 315 g/mol. The SMILES string of the molecule is COCCN(CCC(N)=S)C(=O)c1cccc(Cl)c1C. The molecule has 4 nitrogen and oxygen atoms in total. The van der Waals surface area contributed by atoms with Gasteiger partial charge in [0, 0.05) is 37.2 Å². The Labute approximate surface area is 129 Å². The van der Waals surface area contributed by atoms with Crippen LogP contribution in [-0.2, 0) is 4.74 Å². The second-order valence-corrected chi connectivity index (χ2v) is 5.35. The fraction of sp³-hybridized carbons (Fsp3) is 0.429. The monoisotopic (exact) mass is 314 g/mol. The molecule has 1 amide bonds. The number of ether oxygens (including phenoxy) is 1. The predicted octanol–water partition coefficient (Wildman–Crippen LogP) is 2.41. The molecule has 0 aliphatic carbocycles. The quantitative estimate of drug-likeness (QED) is 0.785. The summed E-state index contributed by atoms with van der Waals surface area (Å²) in [6.07, 6.45) is 0.490. The molecule has 0 saturated carbocycles. The van der Waals surface area contributed by atoms with E-state index in [1.165, 1.54) is 0 Å². The highest BCUT2D eigenvalue weighted by atomic mass is 35.5. The number of carbonyl (C=O) groups is 1. The van der Waals surface area contributed by atoms with Gasteiger partial charge >= 0.3 is 0 Å². The van der Waals surface area contributed by atoms with Crippen LogP contribution in [0.25, 0.3) is 0 Å². The van der Waals surface area contributed by atoms with Crippen molar-refractivity contribution in [1.82, 2.24) is 4.90 Å². The van der Waals surface area contributed by atoms with Gasteiger partial charge < -0.3 is 15.4 Å². The summed E-state index contributed by atoms with van der Waals surface area (Å²) in [6, 6.07) is 5.30. The van der Waals surface area contributed by atoms with Crippen molar-refractivity contribution < 1.29 is 9.53 Å². The summed E-state index contributed by atoms with van der Waals surface area (Å²) in [7, 11) is 1.60. The molecular formula is C14H19ClN2O2S. The van der Waals surface area contributed by atoms with Crippen LogP contribution in [0, 0.1) is 6.92 Å². The van der Waals surface area contributed by atoms with Crippen molar-refractivity contribution in [1.29, 1.82) is 0 Å². The van der Waals surface area contributed by atoms with Crippen LogP contribution >= 0.6 is 23.8 Å². The maximum absolute atomic E-state index is 12.6. The summed E-state index contributed by atoms with van der Waals surface area (Å²) in [5, 5.41) is 0.580. The first-order chi connectivity index (χ1) is 9.47. The van der Waals surface area contributed by atoms with Crippen LogP contribution in [0.15, 0.2) is 18.2 Å². The van der Waals surface area contributed by atoms with Crippen molar-refractivity contribution in [3.05, 3.63) is 34.3 Å². The third-order valence-corrected chi connectivity index (χ3v) is 3.59. The van der Waals surface area contributed by atoms with Crippen LogP contribution in [0.1, 0.15) is 22.3 Å². The molecule has 0 aromatic heterocycles. The van der Waals surface area contributed by atoms with Crippen LogP contribution in [0.2, 0.25) is 5.02 Å². The van der Waals surface area contributed by atoms with E-state index in [2.05, 4.69) is 0 Å². The molecule has 0 unspecified atom stereocenters. The fourth-order valence-corrected chi connectivity index (χ4v) is 2.04. The molecule has 0 bridgehead atoms. The normalized spacial score (nSPS) is 10.3. The van der Waals surface area contributed by atoms with Crippen LogP contribution in [0.3, 0.4) is 0 Å². The number of amides is 1. The van der Waals surface area contributed by atoms with E-state index >= 15 is 0 Å². The largest absolute Gasteiger partial charge is 0.393 e. The Hall–Kier alpha value is -1.17. The highest BCUT2D eigenvalue weighted by Gasteiger charge is 2.18. The van der Waals surface area contributed by atoms with Gasteiger partial charge in [-0.1, -0.05) is 29.9 Å². The second-order valence-electron chi connectivity index (χ2n) is 4.41. The van der Waals surface area contributed by atoms with E-state index in [1.54, 1.807) is 30.2 Å². The van der Waals surface area contributed by atoms with Gasteiger partial charge in [-0.15, -0.1) is 0 Å². The number of nitrogens with zero attached hydrogens (tertiary/aromatic N) is 1. The molecular weight excluding hydrogens is 296 g/mol. The lowest BCUT2D eigenvalue weighted by Gasteiger charge is -2.23. The van der Waals surface area contributed by atoms with Gasteiger partial charge in [-0.3, -0.25) is 4.79 Å². The molecule has 0 heterocycles. The van der Waals surface area contributed by atoms with Gasteiger partial charge in [0.2, 0.25) is 0 Å². The van der Waals surface area contributed by atoms with E-state index in [9.17, 15) is 4.79 Å². The number of methoxy groups -OCH3 is 1. The second kappa shape index (κ2) is 8.19. The summed E-state index contributed by atoms with van der Waals surface area (Å²) < 4.78 is 5.04. The molecule has 0 atom stereocenters. The Bertz CT molecular complexity index is 494. The van der Waals surface area contributed by atoms with Crippen LogP contribution in [0.4, 0.5) is 0 Å². The number of thiocarbonyl (C=S) groups is 1. The Balaban J connectivity index is 2.90. The highest BCUT2D eigenvalue weighted by Crippen LogP contribution is 2.20. The number of rotatable bonds is 7. The van der Waals surface area contributed by atoms with Crippen LogP contribution < -0.4 is 5.73 Å². The maximum Gasteiger partial charge on any atom is 0.254 e. The van der Waals surface area contributed by atoms with E-state index in [0.29, 0.717) is 41.7 Å². The van der Waals surface area contributed by atoms with Gasteiger partial charge in [0.25, 0.3) is 5.91 Å². The molecule has 0 aliphatic heterocycles. The van der Waals surface area contributed by atoms with E-state index in [0.717, 1.165) is 5.56 Å². The zero-order chi connectivity index (χ0) is 15.1. The Morgan fingerprint density at radius 1 is 1.45 bits per heavy atom. The Morgan fingerprint density at radius 3 is 2.75 bits per heavy atom. The molecule has 0 aliphatic rings. The molecule has 6 heteroatoms. The van der Waals surface area contributed by atoms with Gasteiger partial charge in [0.15, 0.2) is 0 Å². The first kappa shape index (κ1) is 16.9. The van der Waals surface area contributed by atoms with Crippen LogP contribution in [0.5, 0.6) is 0 Å². The van der Waals surface area contributed by atoms with E-state index < -0.39 is 0 Å². The predicted molar refractivity (Wildman–Crippen MR) is 85.4 cm³/mol. The van der Waals surface area contributed by atoms with Gasteiger partial charge in [0.1, 0.15) is 0 Å². The van der Waals surface area contributed by atoms with Crippen molar-refractivity contribution >= 4 is 34.7 Å². The first-order valence-corrected chi connectivity index (χ1v) is 7.07. The fourth-order valence-electron chi connectivity index (χ4n) is 1.77. The zero-order valence-corrected chi connectivity index (χ0v) is 13.3. The van der Waals surface area contributed by atoms with Gasteiger partial charge in [-0.05, 0) is 24.6 Å². The van der Waals surface area contributed by atoms with Gasteiger partial charge in [-0.2, -0.15) is 0 Å². The Morgan fingerprint density at radius 2 is 2.15 bits per heavy atom. The molecule has 110 valence electrons. The Kier molecular flexibility index (Phi) is 6.91. The third-order valence-electron chi connectivity index (χ3n) is 2.98. The molecule has 0 fully saturated rings. The molecule has 0 saturated heterocycles. The summed E-state index contributed by atoms with van der Waals surface area (Å²) in [5.74, 6) is -0.0849. The molecule has 1 aromatic carbocycles. The standard InChI is InChI=1S/C14H19ClN2O2S/c1-10-11(4-3-5-12(10)15)14(18)17(8-9-19-2)7-6-13(16)20/h3-5H,6-9H2,1-2H3,(H2,16,20). The molecule has 20 heavy (non-hydrogen) atoms. The number of hydrogen-bond acceptors (Lipinski definition) is 3. The number of hydrogen-bond donors (Lipinski definition) is 1. The summed E-state index contributed by atoms with van der Waals surface area (Å²) in [6.45, 7) is 3.26. The minimum absolute atomic E-state index is 0.0849. The number of carbonyl (C=O) groups excluding carboxylic acids is 1. The minimum atomic E-state index is -0.0849. The van der Waals surface area contributed by atoms with Crippen molar-refractivity contribution in [2.45, 2.75) is 13.3 Å². The van der Waals surface area contributed by atoms with Crippen LogP contribution in [-0.4, -0.2) is 42.6 Å². The van der Waals surface area contributed by atoms with Crippen molar-refractivity contribution in [2.75, 3.05) is 26.8 Å². The zero-order valence-electron chi connectivity index (χ0n) is 11.7. The molecule has 1 rings (SSSR count). The van der Waals surface area contributed by atoms with Crippen molar-refractivity contribution in [3.63, 3.8) is 0 Å². The summed E-state index contributed by atoms with van der Waals surface area (Å²) >= 11 is 10.9. The first-order valence-electron chi connectivity index (χ1n) is 6.29. The van der Waals surface area contributed by atoms with E-state index in [-0.39, 0.29) is 5.91 Å². The third kappa shape index (κ3) is 4.74. The number of nitrogens with two attached hydrogens (primary N) is 1. The van der Waals surface area contributed by atoms with Crippen molar-refractivity contribution in [2.24, 2.45) is 5.73 Å². The topological polar surface area (TPSA) is 55.6 Å². The van der Waals surface area contributed by atoms with E-state index in [1.807, 2.05) is 6.92 Å². The van der Waals surface area contributed by atoms with Crippen molar-refractivity contribution in [3.8, 4) is 0 Å². The van der Waals surface area contributed by atoms with Gasteiger partial charge in [-0.25, -0.2) is 0 Å². The maximum atomic E-state index is 12.6. The summed E-state index contributed by atoms with van der Waals surface area (Å²) in [4.78, 5) is 14.6. The molecule has 1 aromatic rings. The lowest BCUT2D eigenvalue weighted by molar-refractivity contribution is 0.0700. The number of halogens is 1. The van der Waals surface area contributed by atoms with E-state index in [4.69, 9.17) is 34.3 Å². The smallest absolute Gasteiger partial charge is 0.254 e.